The highest BCUT2D eigenvalue weighted by Crippen LogP contribution is 2.28. The van der Waals surface area contributed by atoms with E-state index in [4.69, 9.17) is 9.47 Å². The third-order valence-corrected chi connectivity index (χ3v) is 5.27. The topological polar surface area (TPSA) is 80.9 Å². The second kappa shape index (κ2) is 8.06. The Hall–Kier alpha value is -3.17. The first-order valence-electron chi connectivity index (χ1n) is 8.83. The molecule has 0 amide bonds. The predicted molar refractivity (Wildman–Crippen MR) is 109 cm³/mol. The molecule has 2 aromatic heterocycles. The number of aromatic nitrogens is 3. The van der Waals surface area contributed by atoms with Gasteiger partial charge in [-0.2, -0.15) is 0 Å². The van der Waals surface area contributed by atoms with Gasteiger partial charge in [0.15, 0.2) is 0 Å². The van der Waals surface area contributed by atoms with E-state index in [2.05, 4.69) is 15.4 Å². The lowest BCUT2D eigenvalue weighted by Crippen LogP contribution is -2.12. The maximum atomic E-state index is 13.1. The Balaban J connectivity index is 1.46. The zero-order valence-corrected chi connectivity index (χ0v) is 16.6. The van der Waals surface area contributed by atoms with Gasteiger partial charge in [-0.25, -0.2) is 13.9 Å². The highest BCUT2D eigenvalue weighted by molar-refractivity contribution is 7.20. The first-order chi connectivity index (χ1) is 14.1. The van der Waals surface area contributed by atoms with Crippen LogP contribution < -0.4 is 14.8 Å². The average molecular weight is 414 g/mol. The van der Waals surface area contributed by atoms with Crippen molar-refractivity contribution in [3.8, 4) is 22.8 Å². The van der Waals surface area contributed by atoms with E-state index in [0.717, 1.165) is 11.3 Å². The second-order valence-electron chi connectivity index (χ2n) is 6.31. The number of aliphatic hydroxyl groups excluding tert-OH is 1. The van der Waals surface area contributed by atoms with Gasteiger partial charge in [0.25, 0.3) is 0 Å². The maximum absolute atomic E-state index is 13.1. The van der Waals surface area contributed by atoms with E-state index in [1.54, 1.807) is 55.3 Å². The number of halogens is 1. The van der Waals surface area contributed by atoms with Crippen LogP contribution in [0.15, 0.2) is 48.7 Å². The Kier molecular flexibility index (Phi) is 5.32. The second-order valence-corrected chi connectivity index (χ2v) is 7.27. The normalized spacial score (nSPS) is 12.1. The summed E-state index contributed by atoms with van der Waals surface area (Å²) in [4.78, 5) is 5.22. The molecule has 0 aliphatic carbocycles. The molecule has 1 unspecified atom stereocenters. The van der Waals surface area contributed by atoms with Gasteiger partial charge in [-0.1, -0.05) is 11.3 Å². The molecule has 1 atom stereocenters. The SMILES string of the molecule is COc1cc(OC)cc(C(O)CNc2nn3cc(-c4ccc(F)cc4)nc3s2)c1. The fourth-order valence-corrected chi connectivity index (χ4v) is 3.64. The van der Waals surface area contributed by atoms with Gasteiger partial charge in [0.05, 0.1) is 32.2 Å². The van der Waals surface area contributed by atoms with E-state index in [1.165, 1.54) is 23.5 Å². The Labute approximate surface area is 170 Å². The standard InChI is InChI=1S/C20H19FN4O3S/c1-27-15-7-13(8-16(9-15)28-2)18(26)10-22-19-24-25-11-17(23-20(25)29-19)12-3-5-14(21)6-4-12/h3-9,11,18,26H,10H2,1-2H3,(H,22,24). The molecule has 0 saturated carbocycles. The van der Waals surface area contributed by atoms with Crippen LogP contribution in [0.4, 0.5) is 9.52 Å². The average Bonchev–Trinajstić information content (AvgIpc) is 3.31. The van der Waals surface area contributed by atoms with Gasteiger partial charge in [-0.3, -0.25) is 0 Å². The number of methoxy groups -OCH3 is 2. The molecule has 29 heavy (non-hydrogen) atoms. The Bertz CT molecular complexity index is 1070. The predicted octanol–water partition coefficient (Wildman–Crippen LogP) is 3.76. The number of hydrogen-bond donors (Lipinski definition) is 2. The first kappa shape index (κ1) is 19.2. The Morgan fingerprint density at radius 3 is 2.45 bits per heavy atom. The Morgan fingerprint density at radius 2 is 1.83 bits per heavy atom. The molecule has 4 aromatic rings. The van der Waals surface area contributed by atoms with Crippen LogP contribution in [0.25, 0.3) is 16.2 Å². The molecule has 2 N–H and O–H groups in total. The summed E-state index contributed by atoms with van der Waals surface area (Å²) >= 11 is 1.36. The summed E-state index contributed by atoms with van der Waals surface area (Å²) in [5.41, 5.74) is 2.22. The van der Waals surface area contributed by atoms with Crippen LogP contribution in [-0.4, -0.2) is 40.5 Å². The lowest BCUT2D eigenvalue weighted by atomic mass is 10.1. The van der Waals surface area contributed by atoms with Gasteiger partial charge in [0, 0.05) is 18.2 Å². The number of aliphatic hydroxyl groups is 1. The minimum Gasteiger partial charge on any atom is -0.497 e. The minimum atomic E-state index is -0.773. The molecule has 2 aromatic carbocycles. The summed E-state index contributed by atoms with van der Waals surface area (Å²) in [6.07, 6.45) is 1.01. The molecule has 2 heterocycles. The molecule has 0 radical (unpaired) electrons. The Morgan fingerprint density at radius 1 is 1.14 bits per heavy atom. The number of rotatable bonds is 7. The summed E-state index contributed by atoms with van der Waals surface area (Å²) in [5.74, 6) is 0.936. The molecule has 0 bridgehead atoms. The number of imidazole rings is 1. The van der Waals surface area contributed by atoms with Gasteiger partial charge in [0.1, 0.15) is 17.3 Å². The van der Waals surface area contributed by atoms with Crippen LogP contribution >= 0.6 is 11.3 Å². The van der Waals surface area contributed by atoms with E-state index in [9.17, 15) is 9.50 Å². The molecule has 150 valence electrons. The summed E-state index contributed by atoms with van der Waals surface area (Å²) in [6.45, 7) is 0.262. The van der Waals surface area contributed by atoms with Crippen LogP contribution in [-0.2, 0) is 0 Å². The van der Waals surface area contributed by atoms with Gasteiger partial charge in [-0.05, 0) is 42.0 Å². The van der Waals surface area contributed by atoms with E-state index < -0.39 is 6.10 Å². The van der Waals surface area contributed by atoms with Crippen LogP contribution in [0, 0.1) is 5.82 Å². The molecule has 7 nitrogen and oxygen atoms in total. The number of anilines is 1. The van der Waals surface area contributed by atoms with Crippen LogP contribution in [0.5, 0.6) is 11.5 Å². The van der Waals surface area contributed by atoms with Gasteiger partial charge < -0.3 is 19.9 Å². The zero-order chi connectivity index (χ0) is 20.4. The lowest BCUT2D eigenvalue weighted by Gasteiger charge is -2.14. The highest BCUT2D eigenvalue weighted by atomic mass is 32.1. The van der Waals surface area contributed by atoms with Gasteiger partial charge >= 0.3 is 0 Å². The molecule has 4 rings (SSSR count). The van der Waals surface area contributed by atoms with Crippen molar-refractivity contribution in [3.05, 3.63) is 60.0 Å². The molecule has 0 aliphatic heterocycles. The molecule has 0 fully saturated rings. The molecule has 0 spiro atoms. The lowest BCUT2D eigenvalue weighted by molar-refractivity contribution is 0.190. The number of nitrogens with one attached hydrogen (secondary N) is 1. The van der Waals surface area contributed by atoms with E-state index in [0.29, 0.717) is 27.2 Å². The fraction of sp³-hybridized carbons (Fsp3) is 0.200. The van der Waals surface area contributed by atoms with E-state index in [1.807, 2.05) is 0 Å². The van der Waals surface area contributed by atoms with Crippen molar-refractivity contribution in [3.63, 3.8) is 0 Å². The van der Waals surface area contributed by atoms with Crippen LogP contribution in [0.2, 0.25) is 0 Å². The fourth-order valence-electron chi connectivity index (χ4n) is 2.85. The largest absolute Gasteiger partial charge is 0.497 e. The summed E-state index contributed by atoms with van der Waals surface area (Å²) < 4.78 is 25.2. The summed E-state index contributed by atoms with van der Waals surface area (Å²) in [5, 5.41) is 18.7. The number of benzene rings is 2. The van der Waals surface area contributed by atoms with Crippen molar-refractivity contribution in [2.75, 3.05) is 26.1 Å². The minimum absolute atomic E-state index is 0.262. The van der Waals surface area contributed by atoms with Gasteiger partial charge in [-0.15, -0.1) is 5.10 Å². The van der Waals surface area contributed by atoms with Crippen molar-refractivity contribution in [2.45, 2.75) is 6.10 Å². The maximum Gasteiger partial charge on any atom is 0.214 e. The molecular formula is C20H19FN4O3S. The molecule has 0 saturated heterocycles. The first-order valence-corrected chi connectivity index (χ1v) is 9.64. The smallest absolute Gasteiger partial charge is 0.214 e. The van der Waals surface area contributed by atoms with Crippen molar-refractivity contribution in [1.29, 1.82) is 0 Å². The molecule has 0 aliphatic rings. The van der Waals surface area contributed by atoms with Crippen molar-refractivity contribution in [2.24, 2.45) is 0 Å². The van der Waals surface area contributed by atoms with Crippen molar-refractivity contribution in [1.82, 2.24) is 14.6 Å². The summed E-state index contributed by atoms with van der Waals surface area (Å²) in [6, 6.07) is 11.4. The van der Waals surface area contributed by atoms with Crippen molar-refractivity contribution < 1.29 is 19.0 Å². The zero-order valence-electron chi connectivity index (χ0n) is 15.8. The monoisotopic (exact) mass is 414 g/mol. The van der Waals surface area contributed by atoms with E-state index >= 15 is 0 Å². The number of ether oxygens (including phenoxy) is 2. The van der Waals surface area contributed by atoms with Crippen LogP contribution in [0.1, 0.15) is 11.7 Å². The third kappa shape index (κ3) is 4.15. The number of nitrogens with zero attached hydrogens (tertiary/aromatic N) is 3. The third-order valence-electron chi connectivity index (χ3n) is 4.39. The van der Waals surface area contributed by atoms with E-state index in [-0.39, 0.29) is 12.4 Å². The molecular weight excluding hydrogens is 395 g/mol. The molecule has 9 heteroatoms. The van der Waals surface area contributed by atoms with Crippen LogP contribution in [0.3, 0.4) is 0 Å². The number of fused-ring (bicyclic) bond motifs is 1. The number of hydrogen-bond acceptors (Lipinski definition) is 7. The summed E-state index contributed by atoms with van der Waals surface area (Å²) in [7, 11) is 3.13. The highest BCUT2D eigenvalue weighted by Gasteiger charge is 2.14. The van der Waals surface area contributed by atoms with Gasteiger partial charge in [0.2, 0.25) is 10.1 Å². The quantitative estimate of drug-likeness (QED) is 0.479. The van der Waals surface area contributed by atoms with Crippen molar-refractivity contribution >= 4 is 21.4 Å².